The van der Waals surface area contributed by atoms with E-state index in [1.807, 2.05) is 73.6 Å². The highest BCUT2D eigenvalue weighted by Crippen LogP contribution is 2.27. The Morgan fingerprint density at radius 2 is 1.85 bits per heavy atom. The smallest absolute Gasteiger partial charge is 0.291 e. The van der Waals surface area contributed by atoms with Gasteiger partial charge in [0.15, 0.2) is 5.82 Å². The second kappa shape index (κ2) is 6.85. The molecule has 2 heterocycles. The molecule has 0 N–H and O–H groups in total. The van der Waals surface area contributed by atoms with E-state index in [1.54, 1.807) is 7.11 Å². The Labute approximate surface area is 160 Å². The van der Waals surface area contributed by atoms with Crippen molar-refractivity contribution < 1.29 is 4.74 Å². The number of rotatable bonds is 4. The number of fused-ring (bicyclic) bond motifs is 1. The fourth-order valence-electron chi connectivity index (χ4n) is 2.80. The molecule has 27 heavy (non-hydrogen) atoms. The summed E-state index contributed by atoms with van der Waals surface area (Å²) < 4.78 is 7.32. The number of hydrogen-bond donors (Lipinski definition) is 0. The van der Waals surface area contributed by atoms with Crippen molar-refractivity contribution in [2.75, 3.05) is 26.1 Å². The number of para-hydroxylation sites is 1. The molecule has 0 saturated carbocycles. The van der Waals surface area contributed by atoms with Crippen LogP contribution in [0.2, 0.25) is 0 Å². The molecule has 2 aromatic heterocycles. The van der Waals surface area contributed by atoms with Gasteiger partial charge in [-0.15, -0.1) is 5.10 Å². The molecule has 0 saturated heterocycles. The number of anilines is 1. The molecule has 0 fully saturated rings. The molecule has 0 bridgehead atoms. The van der Waals surface area contributed by atoms with E-state index in [1.165, 1.54) is 15.9 Å². The van der Waals surface area contributed by atoms with Crippen LogP contribution in [0.1, 0.15) is 5.56 Å². The lowest BCUT2D eigenvalue weighted by molar-refractivity contribution is 0.416. The normalized spacial score (nSPS) is 11.9. The number of thiazole rings is 1. The van der Waals surface area contributed by atoms with Gasteiger partial charge in [-0.05, 0) is 35.9 Å². The molecule has 4 aromatic rings. The van der Waals surface area contributed by atoms with E-state index in [4.69, 9.17) is 4.74 Å². The lowest BCUT2D eigenvalue weighted by atomic mass is 10.2. The Morgan fingerprint density at radius 1 is 1.11 bits per heavy atom. The number of benzene rings is 2. The van der Waals surface area contributed by atoms with Crippen LogP contribution < -0.4 is 19.7 Å². The van der Waals surface area contributed by atoms with Crippen LogP contribution in [0, 0.1) is 0 Å². The second-order valence-electron chi connectivity index (χ2n) is 6.23. The standard InChI is InChI=1S/C20H18N4O2S/c1-23(2)14-10-8-13(9-11-14)12-17-19(25)24-20(27-17)21-18(22-24)15-6-4-5-7-16(15)26-3/h4-12H,1-3H3/b17-12+. The monoisotopic (exact) mass is 378 g/mol. The van der Waals surface area contributed by atoms with Crippen LogP contribution in [-0.4, -0.2) is 35.8 Å². The largest absolute Gasteiger partial charge is 0.496 e. The number of ether oxygens (including phenoxy) is 1. The lowest BCUT2D eigenvalue weighted by Crippen LogP contribution is -2.23. The van der Waals surface area contributed by atoms with Crippen LogP contribution in [-0.2, 0) is 0 Å². The molecule has 2 aromatic carbocycles. The van der Waals surface area contributed by atoms with E-state index >= 15 is 0 Å². The zero-order valence-corrected chi connectivity index (χ0v) is 16.0. The third-order valence-electron chi connectivity index (χ3n) is 4.24. The summed E-state index contributed by atoms with van der Waals surface area (Å²) in [5, 5.41) is 4.39. The van der Waals surface area contributed by atoms with Gasteiger partial charge in [-0.2, -0.15) is 9.50 Å². The van der Waals surface area contributed by atoms with Gasteiger partial charge in [0.1, 0.15) is 5.75 Å². The Bertz CT molecular complexity index is 1210. The summed E-state index contributed by atoms with van der Waals surface area (Å²) >= 11 is 1.33. The number of hydrogen-bond acceptors (Lipinski definition) is 6. The lowest BCUT2D eigenvalue weighted by Gasteiger charge is -2.11. The maximum atomic E-state index is 12.7. The van der Waals surface area contributed by atoms with E-state index < -0.39 is 0 Å². The van der Waals surface area contributed by atoms with E-state index in [0.29, 0.717) is 21.1 Å². The number of nitrogens with zero attached hydrogens (tertiary/aromatic N) is 4. The summed E-state index contributed by atoms with van der Waals surface area (Å²) in [7, 11) is 5.59. The molecule has 7 heteroatoms. The van der Waals surface area contributed by atoms with Crippen molar-refractivity contribution in [1.29, 1.82) is 0 Å². The Kier molecular flexibility index (Phi) is 4.37. The van der Waals surface area contributed by atoms with Gasteiger partial charge in [-0.3, -0.25) is 4.79 Å². The fraction of sp³-hybridized carbons (Fsp3) is 0.150. The Balaban J connectivity index is 1.76. The highest BCUT2D eigenvalue weighted by molar-refractivity contribution is 7.15. The number of methoxy groups -OCH3 is 1. The molecule has 0 aliphatic carbocycles. The third-order valence-corrected chi connectivity index (χ3v) is 5.20. The minimum atomic E-state index is -0.166. The van der Waals surface area contributed by atoms with E-state index in [2.05, 4.69) is 10.1 Å². The van der Waals surface area contributed by atoms with Gasteiger partial charge in [0.25, 0.3) is 5.56 Å². The first kappa shape index (κ1) is 17.2. The van der Waals surface area contributed by atoms with Gasteiger partial charge >= 0.3 is 0 Å². The number of aromatic nitrogens is 3. The van der Waals surface area contributed by atoms with Crippen LogP contribution in [0.3, 0.4) is 0 Å². The predicted molar refractivity (Wildman–Crippen MR) is 109 cm³/mol. The zero-order chi connectivity index (χ0) is 19.0. The van der Waals surface area contributed by atoms with E-state index in [-0.39, 0.29) is 5.56 Å². The van der Waals surface area contributed by atoms with Crippen LogP contribution in [0.5, 0.6) is 5.75 Å². The third kappa shape index (κ3) is 3.17. The SMILES string of the molecule is COc1ccccc1-c1nc2s/c(=C/c3ccc(N(C)C)cc3)c(=O)n2n1. The van der Waals surface area contributed by atoms with Crippen molar-refractivity contribution in [3.8, 4) is 17.1 Å². The average Bonchev–Trinajstić information content (AvgIpc) is 3.22. The van der Waals surface area contributed by atoms with Crippen LogP contribution in [0.15, 0.2) is 53.3 Å². The molecule has 0 radical (unpaired) electrons. The zero-order valence-electron chi connectivity index (χ0n) is 15.2. The maximum absolute atomic E-state index is 12.7. The van der Waals surface area contributed by atoms with E-state index in [9.17, 15) is 4.79 Å². The van der Waals surface area contributed by atoms with Crippen molar-refractivity contribution in [3.63, 3.8) is 0 Å². The summed E-state index contributed by atoms with van der Waals surface area (Å²) in [5.41, 5.74) is 2.67. The Hall–Kier alpha value is -3.19. The maximum Gasteiger partial charge on any atom is 0.291 e. The summed E-state index contributed by atoms with van der Waals surface area (Å²) in [5.74, 6) is 1.16. The van der Waals surface area contributed by atoms with Gasteiger partial charge in [-0.1, -0.05) is 35.6 Å². The molecule has 0 aliphatic heterocycles. The quantitative estimate of drug-likeness (QED) is 0.546. The van der Waals surface area contributed by atoms with Crippen molar-refractivity contribution in [3.05, 3.63) is 69.0 Å². The molecular formula is C20H18N4O2S. The van der Waals surface area contributed by atoms with Crippen molar-refractivity contribution >= 4 is 28.1 Å². The molecule has 4 rings (SSSR count). The minimum absolute atomic E-state index is 0.166. The van der Waals surface area contributed by atoms with Crippen LogP contribution >= 0.6 is 11.3 Å². The van der Waals surface area contributed by atoms with Crippen molar-refractivity contribution in [2.45, 2.75) is 0 Å². The van der Waals surface area contributed by atoms with Gasteiger partial charge in [0, 0.05) is 19.8 Å². The molecule has 0 amide bonds. The first-order valence-corrected chi connectivity index (χ1v) is 9.20. The molecule has 0 unspecified atom stereocenters. The molecule has 136 valence electrons. The average molecular weight is 378 g/mol. The van der Waals surface area contributed by atoms with Crippen molar-refractivity contribution in [2.24, 2.45) is 0 Å². The fourth-order valence-corrected chi connectivity index (χ4v) is 3.71. The van der Waals surface area contributed by atoms with Gasteiger partial charge in [0.05, 0.1) is 17.2 Å². The molecular weight excluding hydrogens is 360 g/mol. The molecule has 0 spiro atoms. The topological polar surface area (TPSA) is 59.7 Å². The van der Waals surface area contributed by atoms with E-state index in [0.717, 1.165) is 16.8 Å². The Morgan fingerprint density at radius 3 is 2.52 bits per heavy atom. The summed E-state index contributed by atoms with van der Waals surface area (Å²) in [6.07, 6.45) is 1.87. The molecule has 0 atom stereocenters. The first-order chi connectivity index (χ1) is 13.1. The van der Waals surface area contributed by atoms with Gasteiger partial charge in [-0.25, -0.2) is 0 Å². The highest BCUT2D eigenvalue weighted by Gasteiger charge is 2.14. The van der Waals surface area contributed by atoms with Crippen LogP contribution in [0.4, 0.5) is 5.69 Å². The summed E-state index contributed by atoms with van der Waals surface area (Å²) in [6.45, 7) is 0. The minimum Gasteiger partial charge on any atom is -0.496 e. The van der Waals surface area contributed by atoms with Crippen molar-refractivity contribution in [1.82, 2.24) is 14.6 Å². The predicted octanol–water partition coefficient (Wildman–Crippen LogP) is 2.44. The molecule has 0 aliphatic rings. The molecule has 6 nitrogen and oxygen atoms in total. The summed E-state index contributed by atoms with van der Waals surface area (Å²) in [6, 6.07) is 15.5. The van der Waals surface area contributed by atoms with Crippen LogP contribution in [0.25, 0.3) is 22.4 Å². The summed E-state index contributed by atoms with van der Waals surface area (Å²) in [4.78, 5) is 19.8. The highest BCUT2D eigenvalue weighted by atomic mass is 32.1. The van der Waals surface area contributed by atoms with Gasteiger partial charge < -0.3 is 9.64 Å². The van der Waals surface area contributed by atoms with Gasteiger partial charge in [0.2, 0.25) is 4.96 Å². The first-order valence-electron chi connectivity index (χ1n) is 8.39. The second-order valence-corrected chi connectivity index (χ2v) is 7.24.